The van der Waals surface area contributed by atoms with Crippen LogP contribution >= 0.6 is 0 Å². The van der Waals surface area contributed by atoms with Crippen molar-refractivity contribution >= 4 is 16.6 Å². The zero-order chi connectivity index (χ0) is 13.8. The van der Waals surface area contributed by atoms with E-state index in [2.05, 4.69) is 29.2 Å². The van der Waals surface area contributed by atoms with E-state index in [-0.39, 0.29) is 0 Å². The fourth-order valence-electron chi connectivity index (χ4n) is 3.11. The van der Waals surface area contributed by atoms with E-state index in [1.54, 1.807) is 0 Å². The molecule has 1 aromatic heterocycles. The third kappa shape index (κ3) is 2.63. The molecule has 20 heavy (non-hydrogen) atoms. The first kappa shape index (κ1) is 13.4. The standard InChI is InChI=1S/C17H23N3/c18-12-14-13-19-17(16-9-5-4-8-15(14)16)20-10-6-2-1-3-7-11-20/h4-5,8-9,13H,1-3,6-7,10-12,18H2. The van der Waals surface area contributed by atoms with E-state index in [4.69, 9.17) is 10.7 Å². The molecule has 1 aliphatic rings. The number of nitrogens with two attached hydrogens (primary N) is 1. The average molecular weight is 269 g/mol. The predicted octanol–water partition coefficient (Wildman–Crippen LogP) is 3.46. The lowest BCUT2D eigenvalue weighted by Crippen LogP contribution is -2.28. The van der Waals surface area contributed by atoms with Gasteiger partial charge < -0.3 is 10.6 Å². The molecular weight excluding hydrogens is 246 g/mol. The number of benzene rings is 1. The molecule has 0 amide bonds. The van der Waals surface area contributed by atoms with Gasteiger partial charge in [0.15, 0.2) is 0 Å². The summed E-state index contributed by atoms with van der Waals surface area (Å²) >= 11 is 0. The lowest BCUT2D eigenvalue weighted by Gasteiger charge is -2.27. The number of rotatable bonds is 2. The van der Waals surface area contributed by atoms with Crippen LogP contribution < -0.4 is 10.6 Å². The van der Waals surface area contributed by atoms with Crippen molar-refractivity contribution in [3.05, 3.63) is 36.0 Å². The third-order valence-corrected chi connectivity index (χ3v) is 4.23. The van der Waals surface area contributed by atoms with Crippen LogP contribution in [0.3, 0.4) is 0 Å². The van der Waals surface area contributed by atoms with Crippen molar-refractivity contribution in [2.45, 2.75) is 38.6 Å². The molecule has 3 rings (SSSR count). The summed E-state index contributed by atoms with van der Waals surface area (Å²) in [7, 11) is 0. The molecule has 106 valence electrons. The van der Waals surface area contributed by atoms with Crippen LogP contribution in [0.15, 0.2) is 30.5 Å². The first-order valence-electron chi connectivity index (χ1n) is 7.72. The highest BCUT2D eigenvalue weighted by Gasteiger charge is 2.14. The summed E-state index contributed by atoms with van der Waals surface area (Å²) in [6, 6.07) is 8.51. The zero-order valence-electron chi connectivity index (χ0n) is 12.0. The summed E-state index contributed by atoms with van der Waals surface area (Å²) in [5, 5.41) is 2.50. The fraction of sp³-hybridized carbons (Fsp3) is 0.471. The number of aromatic nitrogens is 1. The molecule has 0 atom stereocenters. The smallest absolute Gasteiger partial charge is 0.136 e. The fourth-order valence-corrected chi connectivity index (χ4v) is 3.11. The van der Waals surface area contributed by atoms with Gasteiger partial charge in [0.1, 0.15) is 5.82 Å². The van der Waals surface area contributed by atoms with Gasteiger partial charge >= 0.3 is 0 Å². The van der Waals surface area contributed by atoms with Gasteiger partial charge in [-0.3, -0.25) is 0 Å². The molecule has 1 aromatic carbocycles. The highest BCUT2D eigenvalue weighted by molar-refractivity contribution is 5.94. The Morgan fingerprint density at radius 2 is 1.60 bits per heavy atom. The number of anilines is 1. The normalized spacial score (nSPS) is 16.9. The molecule has 2 aromatic rings. The monoisotopic (exact) mass is 269 g/mol. The van der Waals surface area contributed by atoms with Crippen LogP contribution in [-0.4, -0.2) is 18.1 Å². The van der Waals surface area contributed by atoms with E-state index in [0.29, 0.717) is 6.54 Å². The molecule has 0 spiro atoms. The molecule has 1 fully saturated rings. The maximum Gasteiger partial charge on any atom is 0.136 e. The van der Waals surface area contributed by atoms with Gasteiger partial charge in [-0.15, -0.1) is 0 Å². The number of nitrogens with zero attached hydrogens (tertiary/aromatic N) is 2. The third-order valence-electron chi connectivity index (χ3n) is 4.23. The Morgan fingerprint density at radius 1 is 0.950 bits per heavy atom. The van der Waals surface area contributed by atoms with Crippen LogP contribution in [0, 0.1) is 0 Å². The van der Waals surface area contributed by atoms with Crippen molar-refractivity contribution in [2.24, 2.45) is 5.73 Å². The van der Waals surface area contributed by atoms with Crippen LogP contribution in [0.4, 0.5) is 5.82 Å². The number of pyridine rings is 1. The minimum absolute atomic E-state index is 0.549. The number of fused-ring (bicyclic) bond motifs is 1. The highest BCUT2D eigenvalue weighted by Crippen LogP contribution is 2.28. The van der Waals surface area contributed by atoms with Gasteiger partial charge in [-0.05, 0) is 23.8 Å². The summed E-state index contributed by atoms with van der Waals surface area (Å²) < 4.78 is 0. The predicted molar refractivity (Wildman–Crippen MR) is 84.9 cm³/mol. The Kier molecular flexibility index (Phi) is 4.16. The number of hydrogen-bond acceptors (Lipinski definition) is 3. The Morgan fingerprint density at radius 3 is 2.30 bits per heavy atom. The van der Waals surface area contributed by atoms with Crippen LogP contribution in [0.5, 0.6) is 0 Å². The lowest BCUT2D eigenvalue weighted by molar-refractivity contribution is 0.554. The Bertz CT molecular complexity index is 571. The van der Waals surface area contributed by atoms with Gasteiger partial charge in [0.25, 0.3) is 0 Å². The summed E-state index contributed by atoms with van der Waals surface area (Å²) in [6.07, 6.45) is 8.57. The van der Waals surface area contributed by atoms with Crippen LogP contribution in [0.1, 0.15) is 37.7 Å². The molecule has 2 heterocycles. The van der Waals surface area contributed by atoms with Gasteiger partial charge in [0.05, 0.1) is 0 Å². The van der Waals surface area contributed by atoms with Gasteiger partial charge in [-0.1, -0.05) is 43.5 Å². The minimum atomic E-state index is 0.549. The summed E-state index contributed by atoms with van der Waals surface area (Å²) in [4.78, 5) is 7.18. The van der Waals surface area contributed by atoms with Crippen molar-refractivity contribution in [1.29, 1.82) is 0 Å². The average Bonchev–Trinajstić information content (AvgIpc) is 2.46. The van der Waals surface area contributed by atoms with E-state index < -0.39 is 0 Å². The quantitative estimate of drug-likeness (QED) is 0.907. The van der Waals surface area contributed by atoms with Gasteiger partial charge in [0, 0.05) is 31.2 Å². The number of hydrogen-bond donors (Lipinski definition) is 1. The second kappa shape index (κ2) is 6.23. The molecule has 1 aliphatic heterocycles. The molecule has 3 nitrogen and oxygen atoms in total. The molecular formula is C17H23N3. The van der Waals surface area contributed by atoms with Gasteiger partial charge in [-0.2, -0.15) is 0 Å². The van der Waals surface area contributed by atoms with E-state index >= 15 is 0 Å². The Hall–Kier alpha value is -1.61. The SMILES string of the molecule is NCc1cnc(N2CCCCCCC2)c2ccccc12. The molecule has 0 saturated carbocycles. The van der Waals surface area contributed by atoms with Crippen molar-refractivity contribution < 1.29 is 0 Å². The summed E-state index contributed by atoms with van der Waals surface area (Å²) in [6.45, 7) is 2.80. The molecule has 0 unspecified atom stereocenters. The van der Waals surface area contributed by atoms with Crippen molar-refractivity contribution in [3.63, 3.8) is 0 Å². The molecule has 2 N–H and O–H groups in total. The maximum absolute atomic E-state index is 5.84. The Balaban J connectivity index is 2.02. The zero-order valence-corrected chi connectivity index (χ0v) is 12.0. The second-order valence-corrected chi connectivity index (χ2v) is 5.61. The first-order valence-corrected chi connectivity index (χ1v) is 7.72. The molecule has 0 bridgehead atoms. The maximum atomic E-state index is 5.84. The van der Waals surface area contributed by atoms with Crippen LogP contribution in [0.25, 0.3) is 10.8 Å². The van der Waals surface area contributed by atoms with Crippen LogP contribution in [-0.2, 0) is 6.54 Å². The first-order chi connectivity index (χ1) is 9.90. The van der Waals surface area contributed by atoms with E-state index in [1.807, 2.05) is 6.20 Å². The van der Waals surface area contributed by atoms with Crippen molar-refractivity contribution in [1.82, 2.24) is 4.98 Å². The van der Waals surface area contributed by atoms with Crippen molar-refractivity contribution in [2.75, 3.05) is 18.0 Å². The highest BCUT2D eigenvalue weighted by atomic mass is 15.2. The van der Waals surface area contributed by atoms with Crippen molar-refractivity contribution in [3.8, 4) is 0 Å². The molecule has 0 radical (unpaired) electrons. The van der Waals surface area contributed by atoms with Crippen LogP contribution in [0.2, 0.25) is 0 Å². The Labute approximate surface area is 120 Å². The minimum Gasteiger partial charge on any atom is -0.356 e. The van der Waals surface area contributed by atoms with E-state index in [1.165, 1.54) is 42.9 Å². The van der Waals surface area contributed by atoms with E-state index in [9.17, 15) is 0 Å². The molecule has 1 saturated heterocycles. The molecule has 0 aliphatic carbocycles. The topological polar surface area (TPSA) is 42.1 Å². The second-order valence-electron chi connectivity index (χ2n) is 5.61. The van der Waals surface area contributed by atoms with Gasteiger partial charge in [0.2, 0.25) is 0 Å². The lowest BCUT2D eigenvalue weighted by atomic mass is 10.0. The summed E-state index contributed by atoms with van der Waals surface area (Å²) in [5.41, 5.74) is 6.97. The van der Waals surface area contributed by atoms with Gasteiger partial charge in [-0.25, -0.2) is 4.98 Å². The largest absolute Gasteiger partial charge is 0.356 e. The van der Waals surface area contributed by atoms with E-state index in [0.717, 1.165) is 24.5 Å². The summed E-state index contributed by atoms with van der Waals surface area (Å²) in [5.74, 6) is 1.14. The molecule has 3 heteroatoms.